The van der Waals surface area contributed by atoms with Crippen LogP contribution in [0.2, 0.25) is 0 Å². The molecule has 0 aliphatic heterocycles. The maximum atomic E-state index is 11.0. The molecule has 0 amide bonds. The molecule has 0 aromatic carbocycles. The van der Waals surface area contributed by atoms with Crippen molar-refractivity contribution >= 4 is 0 Å². The van der Waals surface area contributed by atoms with Crippen molar-refractivity contribution < 1.29 is 10.2 Å². The van der Waals surface area contributed by atoms with Crippen LogP contribution in [0.25, 0.3) is 0 Å². The average Bonchev–Trinajstić information content (AvgIpc) is 2.79. The summed E-state index contributed by atoms with van der Waals surface area (Å²) >= 11 is 0. The minimum Gasteiger partial charge on any atom is -0.393 e. The topological polar surface area (TPSA) is 40.5 Å². The summed E-state index contributed by atoms with van der Waals surface area (Å²) in [5, 5.41) is 21.1. The summed E-state index contributed by atoms with van der Waals surface area (Å²) in [5.74, 6) is 2.75. The van der Waals surface area contributed by atoms with E-state index >= 15 is 0 Å². The monoisotopic (exact) mass is 304 g/mol. The number of aliphatic hydroxyl groups is 2. The van der Waals surface area contributed by atoms with Gasteiger partial charge in [0.1, 0.15) is 0 Å². The molecule has 0 bridgehead atoms. The molecule has 3 fully saturated rings. The zero-order valence-corrected chi connectivity index (χ0v) is 14.4. The van der Waals surface area contributed by atoms with Crippen LogP contribution in [0.3, 0.4) is 0 Å². The third kappa shape index (κ3) is 1.80. The van der Waals surface area contributed by atoms with E-state index in [1.165, 1.54) is 24.8 Å². The van der Waals surface area contributed by atoms with E-state index in [1.54, 1.807) is 0 Å². The van der Waals surface area contributed by atoms with Gasteiger partial charge in [0.2, 0.25) is 0 Å². The molecule has 4 aliphatic rings. The molecular weight excluding hydrogens is 272 g/mol. The summed E-state index contributed by atoms with van der Waals surface area (Å²) < 4.78 is 0. The minimum atomic E-state index is -0.181. The summed E-state index contributed by atoms with van der Waals surface area (Å²) in [5.41, 5.74) is 1.80. The number of rotatable bonds is 0. The van der Waals surface area contributed by atoms with Gasteiger partial charge in [0.15, 0.2) is 0 Å². The summed E-state index contributed by atoms with van der Waals surface area (Å²) in [7, 11) is 0. The molecule has 2 heteroatoms. The molecule has 22 heavy (non-hydrogen) atoms. The predicted octanol–water partition coefficient (Wildman–Crippen LogP) is 3.92. The standard InChI is InChI=1S/C20H32O2/c1-12-4-7-16-15-6-5-13-10-14(21)8-9-19(13,2)17(15)11-18(22)20(12,16)3/h4,13-18,21-22H,5-11H2,1-3H3/t13-,14-,15+,16+,17+,18+,19+,20-/m1/s1. The number of aliphatic hydroxyl groups excluding tert-OH is 2. The Morgan fingerprint density at radius 3 is 2.59 bits per heavy atom. The van der Waals surface area contributed by atoms with Crippen LogP contribution in [0.15, 0.2) is 11.6 Å². The normalized spacial score (nSPS) is 57.6. The van der Waals surface area contributed by atoms with E-state index in [2.05, 4.69) is 26.8 Å². The molecule has 3 saturated carbocycles. The van der Waals surface area contributed by atoms with Crippen molar-refractivity contribution in [3.8, 4) is 0 Å². The Hall–Kier alpha value is -0.340. The first kappa shape index (κ1) is 15.2. The quantitative estimate of drug-likeness (QED) is 0.666. The fraction of sp³-hybridized carbons (Fsp3) is 0.900. The van der Waals surface area contributed by atoms with Gasteiger partial charge in [-0.25, -0.2) is 0 Å². The lowest BCUT2D eigenvalue weighted by molar-refractivity contribution is -0.155. The number of hydrogen-bond donors (Lipinski definition) is 2. The van der Waals surface area contributed by atoms with Gasteiger partial charge >= 0.3 is 0 Å². The zero-order valence-electron chi connectivity index (χ0n) is 14.4. The fourth-order valence-corrected chi connectivity index (χ4v) is 7.02. The highest BCUT2D eigenvalue weighted by molar-refractivity contribution is 5.26. The Morgan fingerprint density at radius 1 is 1.05 bits per heavy atom. The Labute approximate surface area is 135 Å². The van der Waals surface area contributed by atoms with E-state index in [-0.39, 0.29) is 17.6 Å². The third-order valence-electron chi connectivity index (χ3n) is 8.70. The minimum absolute atomic E-state index is 0.0263. The highest BCUT2D eigenvalue weighted by Crippen LogP contribution is 2.66. The molecule has 4 rings (SSSR count). The van der Waals surface area contributed by atoms with Crippen molar-refractivity contribution in [3.05, 3.63) is 11.6 Å². The molecule has 0 unspecified atom stereocenters. The van der Waals surface area contributed by atoms with Crippen molar-refractivity contribution in [1.82, 2.24) is 0 Å². The summed E-state index contributed by atoms with van der Waals surface area (Å²) in [6.45, 7) is 7.02. The van der Waals surface area contributed by atoms with Crippen LogP contribution in [0.5, 0.6) is 0 Å². The van der Waals surface area contributed by atoms with Gasteiger partial charge in [-0.05, 0) is 81.0 Å². The Kier molecular flexibility index (Phi) is 3.34. The lowest BCUT2D eigenvalue weighted by atomic mass is 9.44. The van der Waals surface area contributed by atoms with Crippen molar-refractivity contribution in [2.24, 2.45) is 34.5 Å². The molecule has 0 aromatic rings. The van der Waals surface area contributed by atoms with Crippen LogP contribution in [0, 0.1) is 34.5 Å². The van der Waals surface area contributed by atoms with Gasteiger partial charge in [-0.2, -0.15) is 0 Å². The van der Waals surface area contributed by atoms with Crippen LogP contribution in [-0.4, -0.2) is 22.4 Å². The smallest absolute Gasteiger partial charge is 0.0636 e. The van der Waals surface area contributed by atoms with E-state index in [4.69, 9.17) is 0 Å². The molecular formula is C20H32O2. The Bertz CT molecular complexity index is 498. The molecule has 0 heterocycles. The Balaban J connectivity index is 1.67. The van der Waals surface area contributed by atoms with Crippen LogP contribution >= 0.6 is 0 Å². The Morgan fingerprint density at radius 2 is 1.82 bits per heavy atom. The second-order valence-corrected chi connectivity index (χ2v) is 9.24. The van der Waals surface area contributed by atoms with Crippen molar-refractivity contribution in [1.29, 1.82) is 0 Å². The average molecular weight is 304 g/mol. The molecule has 2 N–H and O–H groups in total. The fourth-order valence-electron chi connectivity index (χ4n) is 7.02. The van der Waals surface area contributed by atoms with Crippen molar-refractivity contribution in [2.75, 3.05) is 0 Å². The van der Waals surface area contributed by atoms with Gasteiger partial charge in [-0.3, -0.25) is 0 Å². The van der Waals surface area contributed by atoms with Gasteiger partial charge in [-0.15, -0.1) is 0 Å². The van der Waals surface area contributed by atoms with E-state index in [9.17, 15) is 10.2 Å². The molecule has 4 aliphatic carbocycles. The molecule has 2 nitrogen and oxygen atoms in total. The second kappa shape index (κ2) is 4.83. The summed E-state index contributed by atoms with van der Waals surface area (Å²) in [4.78, 5) is 0. The van der Waals surface area contributed by atoms with Gasteiger partial charge in [0.25, 0.3) is 0 Å². The number of allylic oxidation sites excluding steroid dienone is 1. The number of fused-ring (bicyclic) bond motifs is 5. The third-order valence-corrected chi connectivity index (χ3v) is 8.70. The molecule has 0 aromatic heterocycles. The van der Waals surface area contributed by atoms with Gasteiger partial charge in [-0.1, -0.05) is 25.5 Å². The van der Waals surface area contributed by atoms with Crippen molar-refractivity contribution in [3.63, 3.8) is 0 Å². The van der Waals surface area contributed by atoms with Gasteiger partial charge < -0.3 is 10.2 Å². The number of hydrogen-bond acceptors (Lipinski definition) is 2. The lowest BCUT2D eigenvalue weighted by Crippen LogP contribution is -2.57. The first-order chi connectivity index (χ1) is 10.4. The summed E-state index contributed by atoms with van der Waals surface area (Å²) in [6, 6.07) is 0. The zero-order chi connectivity index (χ0) is 15.7. The van der Waals surface area contributed by atoms with E-state index in [1.807, 2.05) is 0 Å². The van der Waals surface area contributed by atoms with Crippen LogP contribution in [-0.2, 0) is 0 Å². The summed E-state index contributed by atoms with van der Waals surface area (Å²) in [6.07, 6.45) is 10.00. The maximum absolute atomic E-state index is 11.0. The van der Waals surface area contributed by atoms with E-state index < -0.39 is 0 Å². The van der Waals surface area contributed by atoms with Crippen LogP contribution < -0.4 is 0 Å². The molecule has 0 saturated heterocycles. The van der Waals surface area contributed by atoms with E-state index in [0.29, 0.717) is 23.2 Å². The molecule has 0 spiro atoms. The maximum Gasteiger partial charge on any atom is 0.0636 e. The first-order valence-electron chi connectivity index (χ1n) is 9.40. The highest BCUT2D eigenvalue weighted by atomic mass is 16.3. The van der Waals surface area contributed by atoms with Crippen molar-refractivity contribution in [2.45, 2.75) is 77.9 Å². The van der Waals surface area contributed by atoms with Gasteiger partial charge in [0, 0.05) is 5.41 Å². The molecule has 124 valence electrons. The largest absolute Gasteiger partial charge is 0.393 e. The van der Waals surface area contributed by atoms with Crippen LogP contribution in [0.4, 0.5) is 0 Å². The van der Waals surface area contributed by atoms with E-state index in [0.717, 1.165) is 31.6 Å². The lowest BCUT2D eigenvalue weighted by Gasteiger charge is -2.61. The first-order valence-corrected chi connectivity index (χ1v) is 9.40. The second-order valence-electron chi connectivity index (χ2n) is 9.24. The molecule has 0 radical (unpaired) electrons. The molecule has 8 atom stereocenters. The predicted molar refractivity (Wildman–Crippen MR) is 88.3 cm³/mol. The highest BCUT2D eigenvalue weighted by Gasteiger charge is 2.60. The SMILES string of the molecule is CC1=CC[C@H]2[C@@H]3CC[C@@H]4C[C@H](O)CC[C@]4(C)[C@H]3C[C@H](O)[C@]12C. The van der Waals surface area contributed by atoms with Gasteiger partial charge in [0.05, 0.1) is 12.2 Å². The van der Waals surface area contributed by atoms with Crippen LogP contribution in [0.1, 0.15) is 65.7 Å².